The summed E-state index contributed by atoms with van der Waals surface area (Å²) in [5.41, 5.74) is 1.56. The highest BCUT2D eigenvalue weighted by Crippen LogP contribution is 2.59. The van der Waals surface area contributed by atoms with Gasteiger partial charge in [0, 0.05) is 50.8 Å². The van der Waals surface area contributed by atoms with E-state index in [9.17, 15) is 13.6 Å². The maximum atomic E-state index is 13.5. The zero-order chi connectivity index (χ0) is 23.2. The molecule has 2 atom stereocenters. The van der Waals surface area contributed by atoms with Gasteiger partial charge in [0.15, 0.2) is 0 Å². The zero-order valence-corrected chi connectivity index (χ0v) is 19.4. The van der Waals surface area contributed by atoms with Gasteiger partial charge >= 0.3 is 5.92 Å². The molecule has 2 saturated carbocycles. The number of hydrogen-bond acceptors (Lipinski definition) is 5. The molecular formula is C24H33F2N5O2. The first-order valence-corrected chi connectivity index (χ1v) is 12.1. The molecule has 3 fully saturated rings. The Labute approximate surface area is 192 Å². The summed E-state index contributed by atoms with van der Waals surface area (Å²) < 4.78 is 33.7. The third-order valence-corrected chi connectivity index (χ3v) is 7.86. The van der Waals surface area contributed by atoms with E-state index in [0.29, 0.717) is 24.0 Å². The van der Waals surface area contributed by atoms with Crippen molar-refractivity contribution in [2.45, 2.75) is 69.2 Å². The van der Waals surface area contributed by atoms with E-state index >= 15 is 0 Å². The lowest BCUT2D eigenvalue weighted by Gasteiger charge is -2.30. The van der Waals surface area contributed by atoms with Crippen molar-refractivity contribution in [1.29, 1.82) is 0 Å². The van der Waals surface area contributed by atoms with Gasteiger partial charge in [-0.15, -0.1) is 0 Å². The highest BCUT2D eigenvalue weighted by atomic mass is 19.3. The maximum absolute atomic E-state index is 13.5. The first kappa shape index (κ1) is 22.5. The fraction of sp³-hybridized carbons (Fsp3) is 0.708. The third kappa shape index (κ3) is 4.83. The summed E-state index contributed by atoms with van der Waals surface area (Å²) in [6.45, 7) is 3.79. The molecule has 3 aliphatic rings. The Morgan fingerprint density at radius 2 is 2.12 bits per heavy atom. The molecule has 3 heterocycles. The number of alkyl halides is 2. The van der Waals surface area contributed by atoms with Gasteiger partial charge in [-0.25, -0.2) is 0 Å². The molecule has 1 aliphatic heterocycles. The number of nitrogens with zero attached hydrogens (tertiary/aromatic N) is 4. The second-order valence-electron chi connectivity index (χ2n) is 10.5. The van der Waals surface area contributed by atoms with Crippen molar-refractivity contribution in [3.05, 3.63) is 35.5 Å². The van der Waals surface area contributed by atoms with Gasteiger partial charge in [-0.2, -0.15) is 13.9 Å². The maximum Gasteiger partial charge on any atom is 0.304 e. The van der Waals surface area contributed by atoms with Crippen molar-refractivity contribution in [2.24, 2.45) is 18.9 Å². The van der Waals surface area contributed by atoms with Gasteiger partial charge < -0.3 is 14.7 Å². The molecule has 1 amide bonds. The Morgan fingerprint density at radius 1 is 1.33 bits per heavy atom. The summed E-state index contributed by atoms with van der Waals surface area (Å²) in [5, 5.41) is 11.3. The quantitative estimate of drug-likeness (QED) is 0.652. The molecule has 2 aromatic rings. The van der Waals surface area contributed by atoms with Crippen LogP contribution in [-0.2, 0) is 29.6 Å². The number of halogens is 2. The smallest absolute Gasteiger partial charge is 0.304 e. The van der Waals surface area contributed by atoms with E-state index in [1.807, 2.05) is 13.2 Å². The minimum absolute atomic E-state index is 0.0740. The van der Waals surface area contributed by atoms with Crippen molar-refractivity contribution in [2.75, 3.05) is 19.6 Å². The number of rotatable bonds is 8. The summed E-state index contributed by atoms with van der Waals surface area (Å²) in [6, 6.07) is 1.74. The third-order valence-electron chi connectivity index (χ3n) is 7.86. The largest absolute Gasteiger partial charge is 0.355 e. The Morgan fingerprint density at radius 3 is 2.79 bits per heavy atom. The van der Waals surface area contributed by atoms with Crippen molar-refractivity contribution in [3.63, 3.8) is 0 Å². The standard InChI is InChI=1S/C24H33F2N5O2/c1-23(25,26)21-10-20(29-33-21)24-11-18(24)14-31(15-24)8-7-16-3-5-19(6-4-16)28-22(32)9-17-12-27-30(2)13-17/h10,12-13,16,18-19H,3-9,11,14-15H2,1-2H3,(H,28,32)/t16?,18?,19?,24-/m0/s1. The highest BCUT2D eigenvalue weighted by Gasteiger charge is 2.62. The number of fused-ring (bicyclic) bond motifs is 1. The number of nitrogens with one attached hydrogen (secondary N) is 1. The van der Waals surface area contributed by atoms with Gasteiger partial charge in [-0.1, -0.05) is 5.16 Å². The van der Waals surface area contributed by atoms with Crippen LogP contribution in [0.15, 0.2) is 23.0 Å². The van der Waals surface area contributed by atoms with Crippen LogP contribution in [0.2, 0.25) is 0 Å². The fourth-order valence-electron chi connectivity index (χ4n) is 5.86. The molecule has 0 spiro atoms. The average molecular weight is 462 g/mol. The predicted molar refractivity (Wildman–Crippen MR) is 118 cm³/mol. The van der Waals surface area contributed by atoms with Crippen LogP contribution in [0.1, 0.15) is 62.5 Å². The van der Waals surface area contributed by atoms with E-state index < -0.39 is 5.92 Å². The normalized spacial score (nSPS) is 29.8. The summed E-state index contributed by atoms with van der Waals surface area (Å²) in [7, 11) is 1.85. The lowest BCUT2D eigenvalue weighted by atomic mass is 9.84. The lowest BCUT2D eigenvalue weighted by molar-refractivity contribution is -0.121. The minimum atomic E-state index is -2.98. The van der Waals surface area contributed by atoms with E-state index in [2.05, 4.69) is 20.5 Å². The Bertz CT molecular complexity index is 991. The first-order chi connectivity index (χ1) is 15.7. The van der Waals surface area contributed by atoms with Crippen molar-refractivity contribution in [3.8, 4) is 0 Å². The molecule has 7 nitrogen and oxygen atoms in total. The van der Waals surface area contributed by atoms with Crippen LogP contribution in [-0.4, -0.2) is 51.4 Å². The topological polar surface area (TPSA) is 76.2 Å². The average Bonchev–Trinajstić information content (AvgIpc) is 3.18. The van der Waals surface area contributed by atoms with Crippen LogP contribution in [0.25, 0.3) is 0 Å². The van der Waals surface area contributed by atoms with Crippen LogP contribution >= 0.6 is 0 Å². The highest BCUT2D eigenvalue weighted by molar-refractivity contribution is 5.78. The Hall–Kier alpha value is -2.29. The van der Waals surface area contributed by atoms with Gasteiger partial charge in [-0.05, 0) is 62.5 Å². The monoisotopic (exact) mass is 461 g/mol. The molecular weight excluding hydrogens is 428 g/mol. The van der Waals surface area contributed by atoms with Crippen molar-refractivity contribution >= 4 is 5.91 Å². The summed E-state index contributed by atoms with van der Waals surface area (Å²) >= 11 is 0. The molecule has 9 heteroatoms. The number of likely N-dealkylation sites (tertiary alicyclic amines) is 1. The molecule has 1 saturated heterocycles. The van der Waals surface area contributed by atoms with Crippen molar-refractivity contribution in [1.82, 2.24) is 25.2 Å². The van der Waals surface area contributed by atoms with Crippen LogP contribution in [0.4, 0.5) is 8.78 Å². The first-order valence-electron chi connectivity index (χ1n) is 12.1. The minimum Gasteiger partial charge on any atom is -0.355 e. The van der Waals surface area contributed by atoms with Gasteiger partial charge in [0.2, 0.25) is 11.7 Å². The Kier molecular flexibility index (Phi) is 5.79. The van der Waals surface area contributed by atoms with Gasteiger partial charge in [0.05, 0.1) is 18.3 Å². The number of hydrogen-bond donors (Lipinski definition) is 1. The number of carbonyl (C=O) groups excluding carboxylic acids is 1. The van der Waals surface area contributed by atoms with Gasteiger partial charge in [-0.3, -0.25) is 9.48 Å². The van der Waals surface area contributed by atoms with Crippen molar-refractivity contribution < 1.29 is 18.1 Å². The molecule has 0 aromatic carbocycles. The number of piperidine rings is 1. The van der Waals surface area contributed by atoms with Gasteiger partial charge in [0.1, 0.15) is 0 Å². The Balaban J connectivity index is 1.03. The second kappa shape index (κ2) is 8.49. The predicted octanol–water partition coefficient (Wildman–Crippen LogP) is 3.40. The molecule has 2 aliphatic carbocycles. The molecule has 0 radical (unpaired) electrons. The summed E-state index contributed by atoms with van der Waals surface area (Å²) in [4.78, 5) is 14.8. The molecule has 1 N–H and O–H groups in total. The van der Waals surface area contributed by atoms with Gasteiger partial charge in [0.25, 0.3) is 0 Å². The molecule has 5 rings (SSSR count). The summed E-state index contributed by atoms with van der Waals surface area (Å²) in [5.74, 6) is -2.06. The second-order valence-corrected chi connectivity index (χ2v) is 10.5. The summed E-state index contributed by atoms with van der Waals surface area (Å²) in [6.07, 6.45) is 10.5. The number of amides is 1. The molecule has 1 unspecified atom stereocenters. The van der Waals surface area contributed by atoms with Crippen LogP contribution in [0.3, 0.4) is 0 Å². The fourth-order valence-corrected chi connectivity index (χ4v) is 5.86. The van der Waals surface area contributed by atoms with E-state index in [4.69, 9.17) is 4.52 Å². The van der Waals surface area contributed by atoms with E-state index in [0.717, 1.165) is 70.6 Å². The SMILES string of the molecule is Cn1cc(CC(=O)NC2CCC(CCN3CC4C[C@]4(c4cc(C(C)(F)F)on4)C3)CC2)cn1. The zero-order valence-electron chi connectivity index (χ0n) is 19.4. The van der Waals surface area contributed by atoms with E-state index in [1.165, 1.54) is 6.07 Å². The number of carbonyl (C=O) groups is 1. The number of aryl methyl sites for hydroxylation is 1. The molecule has 180 valence electrons. The van der Waals surface area contributed by atoms with Crippen LogP contribution in [0, 0.1) is 11.8 Å². The molecule has 33 heavy (non-hydrogen) atoms. The van der Waals surface area contributed by atoms with E-state index in [1.54, 1.807) is 10.9 Å². The lowest BCUT2D eigenvalue weighted by Crippen LogP contribution is -2.39. The van der Waals surface area contributed by atoms with Crippen LogP contribution in [0.5, 0.6) is 0 Å². The molecule has 2 aromatic heterocycles. The number of aromatic nitrogens is 3. The van der Waals surface area contributed by atoms with Crippen LogP contribution < -0.4 is 5.32 Å². The van der Waals surface area contributed by atoms with E-state index in [-0.39, 0.29) is 23.1 Å². The molecule has 0 bridgehead atoms.